The molecule has 11 nitrogen and oxygen atoms in total. The molecule has 6 rings (SSSR count). The summed E-state index contributed by atoms with van der Waals surface area (Å²) in [5.41, 5.74) is 3.33. The van der Waals surface area contributed by atoms with Crippen LogP contribution in [0.1, 0.15) is 34.5 Å². The smallest absolute Gasteiger partial charge is 0.258 e. The molecule has 14 heteroatoms. The third-order valence-corrected chi connectivity index (χ3v) is 10.3. The molecule has 3 N–H and O–H groups in total. The highest BCUT2D eigenvalue weighted by molar-refractivity contribution is 7.89. The van der Waals surface area contributed by atoms with Gasteiger partial charge in [-0.25, -0.2) is 17.2 Å². The number of nitrogens with one attached hydrogen (secondary N) is 3. The van der Waals surface area contributed by atoms with Crippen molar-refractivity contribution in [2.24, 2.45) is 0 Å². The highest BCUT2D eigenvalue weighted by Crippen LogP contribution is 2.31. The average molecular weight is 616 g/mol. The number of amides is 1. The monoisotopic (exact) mass is 615 g/mol. The molecule has 0 spiro atoms. The van der Waals surface area contributed by atoms with Gasteiger partial charge in [0.05, 0.1) is 23.7 Å². The van der Waals surface area contributed by atoms with Gasteiger partial charge in [-0.3, -0.25) is 9.89 Å². The first kappa shape index (κ1) is 29.5. The predicted molar refractivity (Wildman–Crippen MR) is 158 cm³/mol. The Bertz CT molecular complexity index is 1590. The minimum absolute atomic E-state index is 0.0930. The standard InChI is InChI=1S/C29H35F2N7O4S/c1-36-7-2-3-22(36)17-32-27-16-21(37-9-11-42-12-10-37)4-5-24(27)29(39)33-28-25-18-38(8-6-26(25)34-35-28)43(40,41)23-14-19(30)13-20(31)15-23/h4-5,13-16,22,32H,2-3,6-12,17-18H2,1H3,(H2,33,34,35,39)/t22-/m0/s1. The number of hydrogen-bond acceptors (Lipinski definition) is 8. The molecule has 0 unspecified atom stereocenters. The van der Waals surface area contributed by atoms with Gasteiger partial charge in [-0.15, -0.1) is 0 Å². The van der Waals surface area contributed by atoms with Crippen LogP contribution in [-0.4, -0.2) is 92.8 Å². The SMILES string of the molecule is CN1CCC[C@H]1CNc1cc(N2CCOCC2)ccc1C(=O)Nc1n[nH]c2c1CN(S(=O)(=O)c1cc(F)cc(F)c1)CC2. The van der Waals surface area contributed by atoms with Gasteiger partial charge < -0.3 is 25.2 Å². The number of aromatic amines is 1. The molecule has 1 amide bonds. The van der Waals surface area contributed by atoms with E-state index in [1.165, 1.54) is 0 Å². The summed E-state index contributed by atoms with van der Waals surface area (Å²) in [6.07, 6.45) is 2.51. The molecule has 1 atom stereocenters. The summed E-state index contributed by atoms with van der Waals surface area (Å²) >= 11 is 0. The molecule has 0 saturated carbocycles. The van der Waals surface area contributed by atoms with Crippen LogP contribution in [0.15, 0.2) is 41.3 Å². The molecule has 3 aliphatic rings. The van der Waals surface area contributed by atoms with E-state index >= 15 is 0 Å². The fourth-order valence-electron chi connectivity index (χ4n) is 5.94. The van der Waals surface area contributed by atoms with Crippen LogP contribution in [0.5, 0.6) is 0 Å². The van der Waals surface area contributed by atoms with Gasteiger partial charge >= 0.3 is 0 Å². The van der Waals surface area contributed by atoms with Gasteiger partial charge in [0.2, 0.25) is 10.0 Å². The zero-order valence-corrected chi connectivity index (χ0v) is 24.7. The largest absolute Gasteiger partial charge is 0.383 e. The molecule has 4 heterocycles. The zero-order valence-electron chi connectivity index (χ0n) is 23.9. The highest BCUT2D eigenvalue weighted by Gasteiger charge is 2.32. The second-order valence-electron chi connectivity index (χ2n) is 11.2. The fraction of sp³-hybridized carbons (Fsp3) is 0.448. The Hall–Kier alpha value is -3.59. The molecule has 43 heavy (non-hydrogen) atoms. The molecule has 0 radical (unpaired) electrons. The van der Waals surface area contributed by atoms with Gasteiger partial charge in [0.1, 0.15) is 11.6 Å². The quantitative estimate of drug-likeness (QED) is 0.354. The van der Waals surface area contributed by atoms with Crippen molar-refractivity contribution in [2.45, 2.75) is 36.7 Å². The van der Waals surface area contributed by atoms with Crippen LogP contribution in [0, 0.1) is 11.6 Å². The Balaban J connectivity index is 1.23. The summed E-state index contributed by atoms with van der Waals surface area (Å²) < 4.78 is 60.7. The van der Waals surface area contributed by atoms with Crippen molar-refractivity contribution in [1.29, 1.82) is 0 Å². The molecule has 3 aliphatic heterocycles. The van der Waals surface area contributed by atoms with Crippen molar-refractivity contribution in [1.82, 2.24) is 19.4 Å². The summed E-state index contributed by atoms with van der Waals surface area (Å²) in [6, 6.07) is 8.27. The number of sulfonamides is 1. The second kappa shape index (κ2) is 12.2. The molecule has 0 bridgehead atoms. The summed E-state index contributed by atoms with van der Waals surface area (Å²) in [5.74, 6) is -2.13. The number of likely N-dealkylation sites (N-methyl/N-ethyl adjacent to an activating group) is 1. The maximum atomic E-state index is 13.8. The number of carbonyl (C=O) groups excluding carboxylic acids is 1. The van der Waals surface area contributed by atoms with Gasteiger partial charge in [-0.1, -0.05) is 0 Å². The lowest BCUT2D eigenvalue weighted by Gasteiger charge is -2.30. The average Bonchev–Trinajstić information content (AvgIpc) is 3.60. The third kappa shape index (κ3) is 6.23. The minimum atomic E-state index is -4.20. The summed E-state index contributed by atoms with van der Waals surface area (Å²) in [7, 11) is -2.09. The first-order chi connectivity index (χ1) is 20.7. The number of morpholine rings is 1. The number of rotatable bonds is 8. The van der Waals surface area contributed by atoms with Gasteiger partial charge in [-0.05, 0) is 56.8 Å². The van der Waals surface area contributed by atoms with E-state index in [1.807, 2.05) is 12.1 Å². The topological polar surface area (TPSA) is 123 Å². The number of nitrogens with zero attached hydrogens (tertiary/aromatic N) is 4. The second-order valence-corrected chi connectivity index (χ2v) is 13.1. The number of halogens is 2. The number of fused-ring (bicyclic) bond motifs is 1. The van der Waals surface area contributed by atoms with E-state index in [-0.39, 0.29) is 18.9 Å². The van der Waals surface area contributed by atoms with E-state index < -0.39 is 32.5 Å². The number of benzene rings is 2. The van der Waals surface area contributed by atoms with E-state index in [9.17, 15) is 22.0 Å². The van der Waals surface area contributed by atoms with Crippen LogP contribution >= 0.6 is 0 Å². The van der Waals surface area contributed by atoms with Crippen LogP contribution in [0.3, 0.4) is 0 Å². The lowest BCUT2D eigenvalue weighted by Crippen LogP contribution is -2.36. The van der Waals surface area contributed by atoms with Crippen molar-refractivity contribution in [3.8, 4) is 0 Å². The lowest BCUT2D eigenvalue weighted by molar-refractivity contribution is 0.102. The molecular formula is C29H35F2N7O4S. The van der Waals surface area contributed by atoms with Crippen LogP contribution in [0.4, 0.5) is 26.0 Å². The van der Waals surface area contributed by atoms with Crippen molar-refractivity contribution >= 4 is 33.1 Å². The van der Waals surface area contributed by atoms with E-state index in [4.69, 9.17) is 4.74 Å². The Morgan fingerprint density at radius 2 is 1.86 bits per heavy atom. The van der Waals surface area contributed by atoms with Gasteiger partial charge in [0.25, 0.3) is 5.91 Å². The molecule has 1 aromatic heterocycles. The maximum absolute atomic E-state index is 13.8. The number of likely N-dealkylation sites (tertiary alicyclic amines) is 1. The maximum Gasteiger partial charge on any atom is 0.258 e. The first-order valence-electron chi connectivity index (χ1n) is 14.4. The Morgan fingerprint density at radius 1 is 1.09 bits per heavy atom. The number of hydrogen-bond donors (Lipinski definition) is 3. The Labute approximate surface area is 249 Å². The van der Waals surface area contributed by atoms with Gasteiger partial charge in [0, 0.05) is 73.9 Å². The summed E-state index contributed by atoms with van der Waals surface area (Å²) in [6.45, 7) is 4.51. The van der Waals surface area contributed by atoms with Crippen molar-refractivity contribution in [3.63, 3.8) is 0 Å². The van der Waals surface area contributed by atoms with E-state index in [2.05, 4.69) is 37.7 Å². The first-order valence-corrected chi connectivity index (χ1v) is 15.9. The van der Waals surface area contributed by atoms with Gasteiger partial charge in [0.15, 0.2) is 5.82 Å². The molecule has 2 saturated heterocycles. The van der Waals surface area contributed by atoms with E-state index in [1.54, 1.807) is 6.07 Å². The molecule has 2 aromatic carbocycles. The summed E-state index contributed by atoms with van der Waals surface area (Å²) in [5, 5.41) is 13.5. The zero-order chi connectivity index (χ0) is 30.1. The van der Waals surface area contributed by atoms with Crippen LogP contribution in [0.2, 0.25) is 0 Å². The molecule has 3 aromatic rings. The van der Waals surface area contributed by atoms with E-state index in [0.717, 1.165) is 54.6 Å². The van der Waals surface area contributed by atoms with Crippen LogP contribution < -0.4 is 15.5 Å². The molecular weight excluding hydrogens is 580 g/mol. The van der Waals surface area contributed by atoms with E-state index in [0.29, 0.717) is 60.8 Å². The Kier molecular flexibility index (Phi) is 8.36. The minimum Gasteiger partial charge on any atom is -0.383 e. The number of aromatic nitrogens is 2. The third-order valence-electron chi connectivity index (χ3n) is 8.43. The van der Waals surface area contributed by atoms with Crippen LogP contribution in [0.25, 0.3) is 0 Å². The summed E-state index contributed by atoms with van der Waals surface area (Å²) in [4.78, 5) is 17.7. The Morgan fingerprint density at radius 3 is 2.58 bits per heavy atom. The number of anilines is 3. The number of carbonyl (C=O) groups is 1. The normalized spacial score (nSPS) is 19.8. The number of H-pyrrole nitrogens is 1. The molecule has 2 fully saturated rings. The molecule has 0 aliphatic carbocycles. The molecule has 230 valence electrons. The van der Waals surface area contributed by atoms with Crippen LogP contribution in [-0.2, 0) is 27.7 Å². The predicted octanol–water partition coefficient (Wildman–Crippen LogP) is 3.03. The van der Waals surface area contributed by atoms with Crippen molar-refractivity contribution in [3.05, 3.63) is 64.9 Å². The number of ether oxygens (including phenoxy) is 1. The fourth-order valence-corrected chi connectivity index (χ4v) is 7.39. The van der Waals surface area contributed by atoms with Crippen molar-refractivity contribution < 1.29 is 26.7 Å². The lowest BCUT2D eigenvalue weighted by atomic mass is 10.1. The van der Waals surface area contributed by atoms with Gasteiger partial charge in [-0.2, -0.15) is 9.40 Å². The van der Waals surface area contributed by atoms with Crippen molar-refractivity contribution in [2.75, 3.05) is 68.5 Å². The highest BCUT2D eigenvalue weighted by atomic mass is 32.2.